The maximum Gasteiger partial charge on any atom is 0.247 e. The molecule has 0 aromatic heterocycles. The average molecular weight is 413 g/mol. The highest BCUT2D eigenvalue weighted by Gasteiger charge is 2.27. The molecule has 0 saturated heterocycles. The lowest BCUT2D eigenvalue weighted by atomic mass is 10.2. The van der Waals surface area contributed by atoms with Crippen molar-refractivity contribution in [1.29, 1.82) is 0 Å². The number of likely N-dealkylation sites (N-methyl/N-ethyl adjacent to an activating group) is 1. The maximum absolute atomic E-state index is 12.9. The second-order valence-electron chi connectivity index (χ2n) is 5.79. The zero-order chi connectivity index (χ0) is 20.2. The number of hydrogen-bond acceptors (Lipinski definition) is 5. The van der Waals surface area contributed by atoms with E-state index in [1.54, 1.807) is 24.3 Å². The molecular formula is C18H21ClN2O5S. The third-order valence-electron chi connectivity index (χ3n) is 3.88. The summed E-state index contributed by atoms with van der Waals surface area (Å²) < 4.78 is 36.9. The Morgan fingerprint density at radius 2 is 1.85 bits per heavy atom. The fourth-order valence-electron chi connectivity index (χ4n) is 2.31. The maximum atomic E-state index is 12.9. The second kappa shape index (κ2) is 8.60. The lowest BCUT2D eigenvalue weighted by Crippen LogP contribution is -2.35. The van der Waals surface area contributed by atoms with Gasteiger partial charge in [0.05, 0.1) is 20.8 Å². The lowest BCUT2D eigenvalue weighted by molar-refractivity contribution is -0.116. The monoisotopic (exact) mass is 412 g/mol. The van der Waals surface area contributed by atoms with Crippen LogP contribution >= 0.6 is 11.6 Å². The number of ether oxygens (including phenoxy) is 2. The van der Waals surface area contributed by atoms with Crippen molar-refractivity contribution in [3.05, 3.63) is 47.0 Å². The number of anilines is 1. The summed E-state index contributed by atoms with van der Waals surface area (Å²) in [5.41, 5.74) is 1.36. The summed E-state index contributed by atoms with van der Waals surface area (Å²) in [4.78, 5) is 12.2. The third kappa shape index (κ3) is 4.91. The van der Waals surface area contributed by atoms with Crippen LogP contribution in [0.25, 0.3) is 0 Å². The SMILES string of the molecule is COc1ccc(OC)c(S(=O)(=O)N(C)CC(=O)Nc2ccc(C)c(Cl)c2)c1. The van der Waals surface area contributed by atoms with Gasteiger partial charge >= 0.3 is 0 Å². The van der Waals surface area contributed by atoms with Gasteiger partial charge in [0.2, 0.25) is 15.9 Å². The summed E-state index contributed by atoms with van der Waals surface area (Å²) in [5, 5.41) is 3.14. The summed E-state index contributed by atoms with van der Waals surface area (Å²) in [5.74, 6) is 0.0257. The molecule has 0 bridgehead atoms. The van der Waals surface area contributed by atoms with Crippen molar-refractivity contribution in [3.8, 4) is 11.5 Å². The van der Waals surface area contributed by atoms with E-state index in [9.17, 15) is 13.2 Å². The van der Waals surface area contributed by atoms with Gasteiger partial charge in [0.25, 0.3) is 0 Å². The minimum atomic E-state index is -3.98. The summed E-state index contributed by atoms with van der Waals surface area (Å²) in [6.45, 7) is 1.46. The minimum absolute atomic E-state index is 0.0852. The molecule has 0 atom stereocenters. The molecule has 0 saturated carbocycles. The van der Waals surface area contributed by atoms with Gasteiger partial charge in [0.15, 0.2) is 0 Å². The topological polar surface area (TPSA) is 84.9 Å². The van der Waals surface area contributed by atoms with E-state index in [4.69, 9.17) is 21.1 Å². The number of sulfonamides is 1. The summed E-state index contributed by atoms with van der Waals surface area (Å²) in [6.07, 6.45) is 0. The molecule has 1 N–H and O–H groups in total. The molecule has 0 radical (unpaired) electrons. The molecule has 0 aliphatic carbocycles. The highest BCUT2D eigenvalue weighted by molar-refractivity contribution is 7.89. The van der Waals surface area contributed by atoms with Crippen LogP contribution in [0.4, 0.5) is 5.69 Å². The van der Waals surface area contributed by atoms with Crippen LogP contribution in [0.3, 0.4) is 0 Å². The number of benzene rings is 2. The molecule has 0 fully saturated rings. The first-order valence-electron chi connectivity index (χ1n) is 7.93. The Balaban J connectivity index is 2.19. The molecule has 0 aliphatic heterocycles. The van der Waals surface area contributed by atoms with Gasteiger partial charge in [-0.05, 0) is 36.8 Å². The number of halogens is 1. The van der Waals surface area contributed by atoms with Gasteiger partial charge in [-0.3, -0.25) is 4.79 Å². The molecule has 0 aliphatic rings. The Hall–Kier alpha value is -2.29. The number of carbonyl (C=O) groups is 1. The van der Waals surface area contributed by atoms with Crippen LogP contribution in [-0.2, 0) is 14.8 Å². The van der Waals surface area contributed by atoms with Crippen LogP contribution < -0.4 is 14.8 Å². The number of methoxy groups -OCH3 is 2. The number of nitrogens with zero attached hydrogens (tertiary/aromatic N) is 1. The Bertz CT molecular complexity index is 947. The number of rotatable bonds is 7. The highest BCUT2D eigenvalue weighted by atomic mass is 35.5. The van der Waals surface area contributed by atoms with E-state index in [0.717, 1.165) is 9.87 Å². The Kier molecular flexibility index (Phi) is 6.69. The molecular weight excluding hydrogens is 392 g/mol. The Labute approximate surface area is 163 Å². The zero-order valence-electron chi connectivity index (χ0n) is 15.4. The molecule has 1 amide bonds. The van der Waals surface area contributed by atoms with Crippen LogP contribution in [0.15, 0.2) is 41.3 Å². The molecule has 27 heavy (non-hydrogen) atoms. The van der Waals surface area contributed by atoms with Gasteiger partial charge in [-0.15, -0.1) is 0 Å². The van der Waals surface area contributed by atoms with Crippen molar-refractivity contribution in [3.63, 3.8) is 0 Å². The Morgan fingerprint density at radius 1 is 1.15 bits per heavy atom. The number of nitrogens with one attached hydrogen (secondary N) is 1. The van der Waals surface area contributed by atoms with Gasteiger partial charge in [-0.1, -0.05) is 17.7 Å². The molecule has 2 rings (SSSR count). The van der Waals surface area contributed by atoms with Gasteiger partial charge in [0, 0.05) is 23.8 Å². The van der Waals surface area contributed by atoms with Crippen LogP contribution in [0.5, 0.6) is 11.5 Å². The van der Waals surface area contributed by atoms with Crippen LogP contribution in [0, 0.1) is 6.92 Å². The van der Waals surface area contributed by atoms with Crippen LogP contribution in [-0.4, -0.2) is 46.4 Å². The smallest absolute Gasteiger partial charge is 0.247 e. The van der Waals surface area contributed by atoms with E-state index in [1.165, 1.54) is 33.4 Å². The highest BCUT2D eigenvalue weighted by Crippen LogP contribution is 2.30. The molecule has 2 aromatic carbocycles. The molecule has 0 unspecified atom stereocenters. The lowest BCUT2D eigenvalue weighted by Gasteiger charge is -2.19. The van der Waals surface area contributed by atoms with E-state index in [1.807, 2.05) is 6.92 Å². The van der Waals surface area contributed by atoms with Crippen molar-refractivity contribution in [2.75, 3.05) is 33.1 Å². The van der Waals surface area contributed by atoms with Gasteiger partial charge < -0.3 is 14.8 Å². The van der Waals surface area contributed by atoms with Crippen molar-refractivity contribution >= 4 is 33.2 Å². The predicted octanol–water partition coefficient (Wildman–Crippen LogP) is 2.92. The second-order valence-corrected chi connectivity index (χ2v) is 8.21. The van der Waals surface area contributed by atoms with Crippen molar-refractivity contribution in [2.45, 2.75) is 11.8 Å². The number of amides is 1. The molecule has 7 nitrogen and oxygen atoms in total. The molecule has 146 valence electrons. The Morgan fingerprint density at radius 3 is 2.44 bits per heavy atom. The van der Waals surface area contributed by atoms with E-state index in [-0.39, 0.29) is 17.2 Å². The van der Waals surface area contributed by atoms with E-state index in [0.29, 0.717) is 16.5 Å². The number of aryl methyl sites for hydroxylation is 1. The quantitative estimate of drug-likeness (QED) is 0.755. The normalized spacial score (nSPS) is 11.3. The van der Waals surface area contributed by atoms with Crippen molar-refractivity contribution < 1.29 is 22.7 Å². The first-order chi connectivity index (χ1) is 12.7. The first-order valence-corrected chi connectivity index (χ1v) is 9.75. The fraction of sp³-hybridized carbons (Fsp3) is 0.278. The van der Waals surface area contributed by atoms with Gasteiger partial charge in [-0.25, -0.2) is 8.42 Å². The molecule has 0 spiro atoms. The molecule has 9 heteroatoms. The van der Waals surface area contributed by atoms with Gasteiger partial charge in [0.1, 0.15) is 16.4 Å². The predicted molar refractivity (Wildman–Crippen MR) is 104 cm³/mol. The van der Waals surface area contributed by atoms with E-state index >= 15 is 0 Å². The fourth-order valence-corrected chi connectivity index (χ4v) is 3.79. The van der Waals surface area contributed by atoms with Crippen LogP contribution in [0.2, 0.25) is 5.02 Å². The third-order valence-corrected chi connectivity index (χ3v) is 6.11. The summed E-state index contributed by atoms with van der Waals surface area (Å²) in [6, 6.07) is 9.49. The van der Waals surface area contributed by atoms with Crippen molar-refractivity contribution in [2.24, 2.45) is 0 Å². The largest absolute Gasteiger partial charge is 0.497 e. The average Bonchev–Trinajstić information content (AvgIpc) is 2.63. The number of carbonyl (C=O) groups excluding carboxylic acids is 1. The van der Waals surface area contributed by atoms with Gasteiger partial charge in [-0.2, -0.15) is 4.31 Å². The molecule has 2 aromatic rings. The first kappa shape index (κ1) is 21.0. The standard InChI is InChI=1S/C18H21ClN2O5S/c1-12-5-6-13(9-15(12)19)20-18(22)11-21(2)27(23,24)17-10-14(25-3)7-8-16(17)26-4/h5-10H,11H2,1-4H3,(H,20,22). The van der Waals surface area contributed by atoms with Crippen LogP contribution in [0.1, 0.15) is 5.56 Å². The summed E-state index contributed by atoms with van der Waals surface area (Å²) >= 11 is 6.03. The zero-order valence-corrected chi connectivity index (χ0v) is 17.0. The summed E-state index contributed by atoms with van der Waals surface area (Å²) in [7, 11) is 0.143. The minimum Gasteiger partial charge on any atom is -0.497 e. The van der Waals surface area contributed by atoms with E-state index in [2.05, 4.69) is 5.32 Å². The molecule has 0 heterocycles. The van der Waals surface area contributed by atoms with Crippen molar-refractivity contribution in [1.82, 2.24) is 4.31 Å². The number of hydrogen-bond donors (Lipinski definition) is 1. The van der Waals surface area contributed by atoms with E-state index < -0.39 is 15.9 Å².